The van der Waals surface area contributed by atoms with Crippen molar-refractivity contribution >= 4 is 29.2 Å². The lowest BCUT2D eigenvalue weighted by Crippen LogP contribution is -2.35. The third kappa shape index (κ3) is 2.45. The first-order valence-electron chi connectivity index (χ1n) is 4.88. The second-order valence-electron chi connectivity index (χ2n) is 4.75. The fourth-order valence-electron chi connectivity index (χ4n) is 1.86. The van der Waals surface area contributed by atoms with Crippen LogP contribution in [0.25, 0.3) is 0 Å². The first-order valence-corrected chi connectivity index (χ1v) is 5.64. The van der Waals surface area contributed by atoms with Crippen LogP contribution in [0.2, 0.25) is 0 Å². The number of carbonyl (C=O) groups is 1. The van der Waals surface area contributed by atoms with Crippen molar-refractivity contribution in [1.29, 1.82) is 0 Å². The highest BCUT2D eigenvalue weighted by atomic mass is 35.5. The van der Waals surface area contributed by atoms with Crippen LogP contribution >= 0.6 is 23.2 Å². The molecule has 0 spiro atoms. The zero-order valence-electron chi connectivity index (χ0n) is 9.36. The van der Waals surface area contributed by atoms with Crippen molar-refractivity contribution in [2.45, 2.75) is 25.2 Å². The van der Waals surface area contributed by atoms with Crippen LogP contribution in [0, 0.1) is 17.3 Å². The first-order chi connectivity index (χ1) is 7.83. The summed E-state index contributed by atoms with van der Waals surface area (Å²) >= 11 is 9.41. The van der Waals surface area contributed by atoms with Gasteiger partial charge in [-0.05, 0) is 22.9 Å². The summed E-state index contributed by atoms with van der Waals surface area (Å²) in [6, 6.07) is 0. The summed E-state index contributed by atoms with van der Waals surface area (Å²) in [4.78, 5) is 10.8. The summed E-state index contributed by atoms with van der Waals surface area (Å²) in [5.74, 6) is -7.66. The van der Waals surface area contributed by atoms with Gasteiger partial charge in [-0.1, -0.05) is 31.5 Å². The van der Waals surface area contributed by atoms with Crippen LogP contribution in [0.5, 0.6) is 0 Å². The number of carboxylic acid groups (broad SMARTS) is 1. The number of alkyl halides is 5. The van der Waals surface area contributed by atoms with Gasteiger partial charge in [0.15, 0.2) is 0 Å². The molecule has 0 aliphatic heterocycles. The Labute approximate surface area is 111 Å². The third-order valence-corrected chi connectivity index (χ3v) is 3.76. The highest BCUT2D eigenvalue weighted by Gasteiger charge is 2.63. The van der Waals surface area contributed by atoms with Crippen LogP contribution in [0.4, 0.5) is 17.6 Å². The van der Waals surface area contributed by atoms with Gasteiger partial charge < -0.3 is 5.11 Å². The minimum Gasteiger partial charge on any atom is -0.481 e. The Bertz CT molecular complexity index is 401. The average Bonchev–Trinajstić information content (AvgIpc) is 2.65. The first kappa shape index (κ1) is 15.6. The number of halogens is 6. The van der Waals surface area contributed by atoms with Gasteiger partial charge in [0.2, 0.25) is 0 Å². The lowest BCUT2D eigenvalue weighted by molar-refractivity contribution is -0.139. The zero-order chi connectivity index (χ0) is 14.5. The number of allylic oxidation sites excluding steroid dienone is 2. The Morgan fingerprint density at radius 1 is 1.33 bits per heavy atom. The Morgan fingerprint density at radius 2 is 1.78 bits per heavy atom. The van der Waals surface area contributed by atoms with E-state index in [1.807, 2.05) is 0 Å². The van der Waals surface area contributed by atoms with Crippen LogP contribution in [-0.4, -0.2) is 22.4 Å². The molecule has 1 fully saturated rings. The zero-order valence-corrected chi connectivity index (χ0v) is 10.9. The van der Waals surface area contributed by atoms with Crippen LogP contribution in [-0.2, 0) is 4.79 Å². The van der Waals surface area contributed by atoms with Crippen molar-refractivity contribution in [3.8, 4) is 0 Å². The van der Waals surface area contributed by atoms with Gasteiger partial charge in [-0.2, -0.15) is 17.6 Å². The van der Waals surface area contributed by atoms with Gasteiger partial charge in [-0.25, -0.2) is 0 Å². The summed E-state index contributed by atoms with van der Waals surface area (Å²) in [5, 5.41) is 2.54. The van der Waals surface area contributed by atoms with Gasteiger partial charge in [-0.15, -0.1) is 0 Å². The van der Waals surface area contributed by atoms with Crippen molar-refractivity contribution < 1.29 is 27.5 Å². The second-order valence-corrected chi connectivity index (χ2v) is 5.63. The Hall–Kier alpha value is -0.490. The van der Waals surface area contributed by atoms with Crippen molar-refractivity contribution in [2.75, 3.05) is 0 Å². The van der Waals surface area contributed by atoms with Crippen LogP contribution < -0.4 is 0 Å². The van der Waals surface area contributed by atoms with Crippen molar-refractivity contribution in [2.24, 2.45) is 17.3 Å². The molecule has 0 heterocycles. The SMILES string of the molecule is CC1(C)C(C=C(Cl)C(F)(F)C(F)(F)Cl)C1C(=O)O. The van der Waals surface area contributed by atoms with E-state index < -0.39 is 39.6 Å². The van der Waals surface area contributed by atoms with E-state index >= 15 is 0 Å². The molecule has 1 saturated carbocycles. The maximum atomic E-state index is 13.1. The summed E-state index contributed by atoms with van der Waals surface area (Å²) in [5.41, 5.74) is -0.802. The fourth-order valence-corrected chi connectivity index (χ4v) is 2.26. The molecule has 8 heteroatoms. The van der Waals surface area contributed by atoms with Crippen molar-refractivity contribution in [3.63, 3.8) is 0 Å². The van der Waals surface area contributed by atoms with Gasteiger partial charge in [0.1, 0.15) is 0 Å². The monoisotopic (exact) mass is 308 g/mol. The molecule has 104 valence electrons. The molecule has 1 N–H and O–H groups in total. The number of hydrogen-bond acceptors (Lipinski definition) is 1. The van der Waals surface area contributed by atoms with E-state index in [1.54, 1.807) is 0 Å². The molecule has 18 heavy (non-hydrogen) atoms. The Balaban J connectivity index is 2.97. The molecule has 2 nitrogen and oxygen atoms in total. The molecule has 2 unspecified atom stereocenters. The highest BCUT2D eigenvalue weighted by molar-refractivity contribution is 6.32. The molecule has 0 aromatic carbocycles. The standard InChI is InChI=1S/C10H10Cl2F4O2/c1-8(2)4(6(8)7(17)18)3-5(11)9(13,14)10(12,15)16/h3-4,6H,1-2H3,(H,17,18). The molecule has 0 radical (unpaired) electrons. The molecule has 1 aliphatic carbocycles. The van der Waals surface area contributed by atoms with E-state index in [9.17, 15) is 22.4 Å². The van der Waals surface area contributed by atoms with E-state index in [-0.39, 0.29) is 0 Å². The summed E-state index contributed by atoms with van der Waals surface area (Å²) in [6.45, 7) is 3.04. The molecule has 0 bridgehead atoms. The largest absolute Gasteiger partial charge is 0.481 e. The minimum absolute atomic E-state index is 0.649. The summed E-state index contributed by atoms with van der Waals surface area (Å²) < 4.78 is 51.0. The Morgan fingerprint density at radius 3 is 2.06 bits per heavy atom. The quantitative estimate of drug-likeness (QED) is 0.631. The smallest absolute Gasteiger partial charge is 0.389 e. The molecule has 0 aromatic heterocycles. The average molecular weight is 309 g/mol. The number of aliphatic carboxylic acids is 1. The third-order valence-electron chi connectivity index (χ3n) is 3.16. The van der Waals surface area contributed by atoms with Gasteiger partial charge in [0, 0.05) is 0 Å². The lowest BCUT2D eigenvalue weighted by atomic mass is 10.1. The van der Waals surface area contributed by atoms with E-state index in [0.29, 0.717) is 6.08 Å². The van der Waals surface area contributed by atoms with Gasteiger partial charge in [0.05, 0.1) is 11.0 Å². The second kappa shape index (κ2) is 4.27. The van der Waals surface area contributed by atoms with Gasteiger partial charge >= 0.3 is 17.3 Å². The number of carboxylic acids is 1. The van der Waals surface area contributed by atoms with E-state index in [2.05, 4.69) is 11.6 Å². The Kier molecular flexibility index (Phi) is 3.69. The van der Waals surface area contributed by atoms with Crippen molar-refractivity contribution in [1.82, 2.24) is 0 Å². The normalized spacial score (nSPS) is 28.1. The van der Waals surface area contributed by atoms with Crippen LogP contribution in [0.3, 0.4) is 0 Å². The number of rotatable bonds is 4. The maximum Gasteiger partial charge on any atom is 0.389 e. The molecule has 1 rings (SSSR count). The topological polar surface area (TPSA) is 37.3 Å². The highest BCUT2D eigenvalue weighted by Crippen LogP contribution is 2.60. The summed E-state index contributed by atoms with van der Waals surface area (Å²) in [7, 11) is 0. The maximum absolute atomic E-state index is 13.1. The molecule has 2 atom stereocenters. The predicted octanol–water partition coefficient (Wildman–Crippen LogP) is 3.93. The number of hydrogen-bond donors (Lipinski definition) is 1. The lowest BCUT2D eigenvalue weighted by Gasteiger charge is -2.20. The van der Waals surface area contributed by atoms with Gasteiger partial charge in [0.25, 0.3) is 0 Å². The van der Waals surface area contributed by atoms with Gasteiger partial charge in [-0.3, -0.25) is 4.79 Å². The summed E-state index contributed by atoms with van der Waals surface area (Å²) in [6.07, 6.45) is 0.649. The van der Waals surface area contributed by atoms with E-state index in [1.165, 1.54) is 13.8 Å². The van der Waals surface area contributed by atoms with Crippen molar-refractivity contribution in [3.05, 3.63) is 11.1 Å². The molecular formula is C10H10Cl2F4O2. The van der Waals surface area contributed by atoms with Crippen LogP contribution in [0.1, 0.15) is 13.8 Å². The molecule has 0 amide bonds. The van der Waals surface area contributed by atoms with Crippen LogP contribution in [0.15, 0.2) is 11.1 Å². The van der Waals surface area contributed by atoms with E-state index in [4.69, 9.17) is 16.7 Å². The molecule has 0 aromatic rings. The molecular weight excluding hydrogens is 299 g/mol. The van der Waals surface area contributed by atoms with E-state index in [0.717, 1.165) is 0 Å². The minimum atomic E-state index is -4.82. The fraction of sp³-hybridized carbons (Fsp3) is 0.700. The molecule has 0 saturated heterocycles. The molecule has 1 aliphatic rings. The predicted molar refractivity (Wildman–Crippen MR) is 58.1 cm³/mol.